The Balaban J connectivity index is 1.77. The molecule has 0 atom stereocenters. The van der Waals surface area contributed by atoms with Crippen LogP contribution in [0.25, 0.3) is 11.0 Å². The first-order chi connectivity index (χ1) is 15.8. The zero-order chi connectivity index (χ0) is 23.8. The summed E-state index contributed by atoms with van der Waals surface area (Å²) >= 11 is 0. The lowest BCUT2D eigenvalue weighted by molar-refractivity contribution is 0.103. The standard InChI is InChI=1S/C22H16F3N3O4S/c1-32-13-8-14-15(11-27-22(14)26-10-13)21(29)19-16(24)6-7-17(20(19)25)28-33(30,31)18-5-3-2-4-12(18)9-23/h2-8,10-11,28H,9H2,1H3,(H,26,27). The van der Waals surface area contributed by atoms with Crippen molar-refractivity contribution in [1.82, 2.24) is 9.97 Å². The molecule has 0 unspecified atom stereocenters. The largest absolute Gasteiger partial charge is 0.495 e. The fourth-order valence-corrected chi connectivity index (χ4v) is 4.62. The van der Waals surface area contributed by atoms with Crippen LogP contribution in [0.4, 0.5) is 18.9 Å². The molecule has 2 N–H and O–H groups in total. The lowest BCUT2D eigenvalue weighted by Crippen LogP contribution is -2.17. The van der Waals surface area contributed by atoms with Gasteiger partial charge in [0.15, 0.2) is 5.82 Å². The molecule has 7 nitrogen and oxygen atoms in total. The van der Waals surface area contributed by atoms with Gasteiger partial charge in [0.1, 0.15) is 23.9 Å². The van der Waals surface area contributed by atoms with E-state index in [2.05, 4.69) is 9.97 Å². The minimum atomic E-state index is -4.43. The molecule has 170 valence electrons. The molecule has 0 aliphatic heterocycles. The van der Waals surface area contributed by atoms with Gasteiger partial charge in [0.05, 0.1) is 29.5 Å². The van der Waals surface area contributed by atoms with Gasteiger partial charge in [-0.1, -0.05) is 18.2 Å². The van der Waals surface area contributed by atoms with E-state index in [0.717, 1.165) is 18.2 Å². The van der Waals surface area contributed by atoms with Crippen LogP contribution < -0.4 is 9.46 Å². The van der Waals surface area contributed by atoms with Crippen LogP contribution in [0, 0.1) is 11.6 Å². The monoisotopic (exact) mass is 475 g/mol. The Morgan fingerprint density at radius 3 is 2.67 bits per heavy atom. The van der Waals surface area contributed by atoms with E-state index >= 15 is 4.39 Å². The SMILES string of the molecule is COc1cnc2[nH]cc(C(=O)c3c(F)ccc(NS(=O)(=O)c4ccccc4CF)c3F)c2c1. The molecule has 2 aromatic heterocycles. The first kappa shape index (κ1) is 22.3. The van der Waals surface area contributed by atoms with Gasteiger partial charge < -0.3 is 9.72 Å². The molecule has 0 aliphatic carbocycles. The number of carbonyl (C=O) groups is 1. The third-order valence-electron chi connectivity index (χ3n) is 4.95. The molecule has 11 heteroatoms. The van der Waals surface area contributed by atoms with E-state index in [9.17, 15) is 22.0 Å². The van der Waals surface area contributed by atoms with Gasteiger partial charge in [0.2, 0.25) is 5.78 Å². The van der Waals surface area contributed by atoms with Crippen LogP contribution in [-0.2, 0) is 16.7 Å². The second kappa shape index (κ2) is 8.58. The van der Waals surface area contributed by atoms with Crippen molar-refractivity contribution in [3.63, 3.8) is 0 Å². The average Bonchev–Trinajstić information content (AvgIpc) is 3.24. The summed E-state index contributed by atoms with van der Waals surface area (Å²) in [6.45, 7) is -1.06. The Morgan fingerprint density at radius 1 is 1.18 bits per heavy atom. The maximum atomic E-state index is 15.2. The van der Waals surface area contributed by atoms with Crippen LogP contribution in [0.2, 0.25) is 0 Å². The van der Waals surface area contributed by atoms with Crippen molar-refractivity contribution >= 4 is 32.5 Å². The Kier molecular flexibility index (Phi) is 5.81. The number of anilines is 1. The van der Waals surface area contributed by atoms with Gasteiger partial charge in [-0.3, -0.25) is 9.52 Å². The summed E-state index contributed by atoms with van der Waals surface area (Å²) in [4.78, 5) is 19.5. The van der Waals surface area contributed by atoms with Crippen molar-refractivity contribution in [3.8, 4) is 5.75 Å². The second-order valence-corrected chi connectivity index (χ2v) is 8.58. The minimum Gasteiger partial charge on any atom is -0.495 e. The topological polar surface area (TPSA) is 101 Å². The molecule has 0 aliphatic rings. The van der Waals surface area contributed by atoms with Crippen LogP contribution in [0.15, 0.2) is 59.8 Å². The summed E-state index contributed by atoms with van der Waals surface area (Å²) in [7, 11) is -3.03. The van der Waals surface area contributed by atoms with Crippen LogP contribution in [0.1, 0.15) is 21.5 Å². The molecular formula is C22H16F3N3O4S. The van der Waals surface area contributed by atoms with Gasteiger partial charge in [-0.15, -0.1) is 0 Å². The van der Waals surface area contributed by atoms with Gasteiger partial charge in [0, 0.05) is 22.7 Å². The summed E-state index contributed by atoms with van der Waals surface area (Å²) in [6.07, 6.45) is 2.64. The smallest absolute Gasteiger partial charge is 0.262 e. The molecule has 0 saturated carbocycles. The first-order valence-electron chi connectivity index (χ1n) is 9.47. The molecule has 0 radical (unpaired) electrons. The van der Waals surface area contributed by atoms with E-state index in [1.165, 1.54) is 43.8 Å². The molecule has 4 aromatic rings. The summed E-state index contributed by atoms with van der Waals surface area (Å²) in [5.41, 5.74) is -1.55. The molecule has 2 heterocycles. The van der Waals surface area contributed by atoms with E-state index in [1.54, 1.807) is 0 Å². The summed E-state index contributed by atoms with van der Waals surface area (Å²) in [6, 6.07) is 8.33. The number of hydrogen-bond donors (Lipinski definition) is 2. The van der Waals surface area contributed by atoms with Gasteiger partial charge in [-0.25, -0.2) is 26.6 Å². The number of methoxy groups -OCH3 is 1. The van der Waals surface area contributed by atoms with Gasteiger partial charge in [-0.05, 0) is 24.3 Å². The van der Waals surface area contributed by atoms with Gasteiger partial charge in [-0.2, -0.15) is 0 Å². The number of halogens is 3. The van der Waals surface area contributed by atoms with Crippen molar-refractivity contribution in [1.29, 1.82) is 0 Å². The van der Waals surface area contributed by atoms with E-state index in [-0.39, 0.29) is 16.5 Å². The number of H-pyrrole nitrogens is 1. The van der Waals surface area contributed by atoms with E-state index in [1.807, 2.05) is 4.72 Å². The second-order valence-electron chi connectivity index (χ2n) is 6.93. The number of alkyl halides is 1. The number of benzene rings is 2. The predicted octanol–water partition coefficient (Wildman–Crippen LogP) is 4.35. The van der Waals surface area contributed by atoms with Crippen molar-refractivity contribution in [3.05, 3.63) is 83.2 Å². The first-order valence-corrected chi connectivity index (χ1v) is 11.0. The number of ketones is 1. The highest BCUT2D eigenvalue weighted by molar-refractivity contribution is 7.92. The molecule has 0 saturated heterocycles. The molecule has 4 rings (SSSR count). The Morgan fingerprint density at radius 2 is 1.94 bits per heavy atom. The Bertz CT molecular complexity index is 1490. The van der Waals surface area contributed by atoms with Crippen molar-refractivity contribution < 1.29 is 31.1 Å². The third kappa shape index (κ3) is 4.02. The zero-order valence-corrected chi connectivity index (χ0v) is 17.8. The molecule has 0 spiro atoms. The lowest BCUT2D eigenvalue weighted by atomic mass is 10.0. The Labute approximate surface area is 186 Å². The highest BCUT2D eigenvalue weighted by atomic mass is 32.2. The summed E-state index contributed by atoms with van der Waals surface area (Å²) < 4.78 is 75.5. The number of nitrogens with one attached hydrogen (secondary N) is 2. The minimum absolute atomic E-state index is 0.0861. The molecule has 2 aromatic carbocycles. The number of hydrogen-bond acceptors (Lipinski definition) is 5. The number of carbonyl (C=O) groups excluding carboxylic acids is 1. The fraction of sp³-hybridized carbons (Fsp3) is 0.0909. The maximum absolute atomic E-state index is 15.2. The number of rotatable bonds is 7. The fourth-order valence-electron chi connectivity index (χ4n) is 3.33. The number of sulfonamides is 1. The maximum Gasteiger partial charge on any atom is 0.262 e. The van der Waals surface area contributed by atoms with Gasteiger partial charge >= 0.3 is 0 Å². The number of aromatic nitrogens is 2. The lowest BCUT2D eigenvalue weighted by Gasteiger charge is -2.13. The van der Waals surface area contributed by atoms with E-state index in [0.29, 0.717) is 11.4 Å². The number of aromatic amines is 1. The molecular weight excluding hydrogens is 459 g/mol. The summed E-state index contributed by atoms with van der Waals surface area (Å²) in [5.74, 6) is -3.30. The normalized spacial score (nSPS) is 11.5. The van der Waals surface area contributed by atoms with Crippen molar-refractivity contribution in [2.75, 3.05) is 11.8 Å². The van der Waals surface area contributed by atoms with Crippen LogP contribution in [0.5, 0.6) is 5.75 Å². The quantitative estimate of drug-likeness (QED) is 0.387. The number of ether oxygens (including phenoxy) is 1. The van der Waals surface area contributed by atoms with Crippen molar-refractivity contribution in [2.24, 2.45) is 0 Å². The number of nitrogens with zero attached hydrogens (tertiary/aromatic N) is 1. The number of pyridine rings is 1. The van der Waals surface area contributed by atoms with E-state index < -0.39 is 50.3 Å². The predicted molar refractivity (Wildman–Crippen MR) is 114 cm³/mol. The Hall–Kier alpha value is -3.86. The highest BCUT2D eigenvalue weighted by Crippen LogP contribution is 2.29. The summed E-state index contributed by atoms with van der Waals surface area (Å²) in [5, 5.41) is 0.265. The van der Waals surface area contributed by atoms with Crippen molar-refractivity contribution in [2.45, 2.75) is 11.6 Å². The molecule has 0 bridgehead atoms. The number of fused-ring (bicyclic) bond motifs is 1. The third-order valence-corrected chi connectivity index (χ3v) is 6.42. The van der Waals surface area contributed by atoms with Gasteiger partial charge in [0.25, 0.3) is 10.0 Å². The highest BCUT2D eigenvalue weighted by Gasteiger charge is 2.27. The average molecular weight is 475 g/mol. The van der Waals surface area contributed by atoms with Crippen LogP contribution in [-0.4, -0.2) is 31.3 Å². The molecule has 33 heavy (non-hydrogen) atoms. The zero-order valence-electron chi connectivity index (χ0n) is 17.0. The van der Waals surface area contributed by atoms with Crippen LogP contribution >= 0.6 is 0 Å². The van der Waals surface area contributed by atoms with E-state index in [4.69, 9.17) is 4.74 Å². The molecule has 0 amide bonds. The molecule has 0 fully saturated rings. The van der Waals surface area contributed by atoms with Crippen LogP contribution in [0.3, 0.4) is 0 Å².